The minimum atomic E-state index is -0.425. The number of carbonyl (C=O) groups excluding carboxylic acids is 1. The van der Waals surface area contributed by atoms with Gasteiger partial charge in [0.25, 0.3) is 5.91 Å². The predicted octanol–water partition coefficient (Wildman–Crippen LogP) is 1.61. The molecular weight excluding hydrogens is 228 g/mol. The van der Waals surface area contributed by atoms with Crippen LogP contribution in [0.5, 0.6) is 0 Å². The quantitative estimate of drug-likeness (QED) is 0.696. The lowest BCUT2D eigenvalue weighted by Crippen LogP contribution is -2.45. The first-order valence-electron chi connectivity index (χ1n) is 6.43. The van der Waals surface area contributed by atoms with Crippen molar-refractivity contribution in [3.05, 3.63) is 29.3 Å². The zero-order valence-corrected chi connectivity index (χ0v) is 10.6. The maximum atomic E-state index is 12.0. The Bertz CT molecular complexity index is 445. The number of nitrogen functional groups attached to an aromatic ring is 1. The zero-order valence-electron chi connectivity index (χ0n) is 10.6. The Morgan fingerprint density at radius 2 is 2.11 bits per heavy atom. The molecule has 1 aliphatic rings. The van der Waals surface area contributed by atoms with Crippen LogP contribution in [0.2, 0.25) is 0 Å². The highest BCUT2D eigenvalue weighted by Gasteiger charge is 2.24. The molecule has 0 bridgehead atoms. The van der Waals surface area contributed by atoms with Crippen molar-refractivity contribution in [1.29, 1.82) is 0 Å². The second-order valence-corrected chi connectivity index (χ2v) is 5.00. The number of anilines is 1. The lowest BCUT2D eigenvalue weighted by molar-refractivity contribution is 0.0717. The van der Waals surface area contributed by atoms with Crippen LogP contribution in [0.15, 0.2) is 18.2 Å². The molecule has 1 fully saturated rings. The second kappa shape index (κ2) is 5.40. The van der Waals surface area contributed by atoms with Gasteiger partial charge in [0.15, 0.2) is 0 Å². The number of aliphatic hydroxyl groups excluding tert-OH is 1. The smallest absolute Gasteiger partial charge is 0.251 e. The van der Waals surface area contributed by atoms with Crippen LogP contribution in [-0.2, 0) is 0 Å². The van der Waals surface area contributed by atoms with E-state index in [9.17, 15) is 9.90 Å². The lowest BCUT2D eigenvalue weighted by Gasteiger charge is -2.28. The maximum absolute atomic E-state index is 12.0. The van der Waals surface area contributed by atoms with E-state index >= 15 is 0 Å². The van der Waals surface area contributed by atoms with Gasteiger partial charge in [0.2, 0.25) is 0 Å². The fourth-order valence-corrected chi connectivity index (χ4v) is 2.31. The van der Waals surface area contributed by atoms with Gasteiger partial charge in [0.05, 0.1) is 12.1 Å². The van der Waals surface area contributed by atoms with E-state index in [-0.39, 0.29) is 11.9 Å². The summed E-state index contributed by atoms with van der Waals surface area (Å²) >= 11 is 0. The van der Waals surface area contributed by atoms with Crippen LogP contribution in [0.3, 0.4) is 0 Å². The number of aliphatic hydroxyl groups is 1. The third-order valence-corrected chi connectivity index (χ3v) is 3.59. The van der Waals surface area contributed by atoms with Crippen molar-refractivity contribution >= 4 is 11.6 Å². The van der Waals surface area contributed by atoms with E-state index in [2.05, 4.69) is 5.32 Å². The number of carbonyl (C=O) groups is 1. The molecule has 1 amide bonds. The summed E-state index contributed by atoms with van der Waals surface area (Å²) in [5.41, 5.74) is 7.92. The molecule has 0 heterocycles. The molecule has 0 aliphatic heterocycles. The van der Waals surface area contributed by atoms with Gasteiger partial charge in [0, 0.05) is 11.3 Å². The summed E-state index contributed by atoms with van der Waals surface area (Å²) < 4.78 is 0. The van der Waals surface area contributed by atoms with Gasteiger partial charge in [0.1, 0.15) is 0 Å². The van der Waals surface area contributed by atoms with E-state index in [1.165, 1.54) is 0 Å². The van der Waals surface area contributed by atoms with E-state index in [1.54, 1.807) is 12.1 Å². The number of nitrogens with two attached hydrogens (primary N) is 1. The van der Waals surface area contributed by atoms with Gasteiger partial charge in [-0.15, -0.1) is 0 Å². The Labute approximate surface area is 107 Å². The molecule has 4 heteroatoms. The fourth-order valence-electron chi connectivity index (χ4n) is 2.31. The zero-order chi connectivity index (χ0) is 13.1. The SMILES string of the molecule is Cc1ccc(C(=O)N[C@@H]2CCCC[C@H]2O)cc1N. The number of benzene rings is 1. The molecule has 0 unspecified atom stereocenters. The van der Waals surface area contributed by atoms with Gasteiger partial charge in [-0.25, -0.2) is 0 Å². The Kier molecular flexibility index (Phi) is 3.87. The number of rotatable bonds is 2. The van der Waals surface area contributed by atoms with Crippen molar-refractivity contribution < 1.29 is 9.90 Å². The second-order valence-electron chi connectivity index (χ2n) is 5.00. The molecule has 0 aromatic heterocycles. The van der Waals surface area contributed by atoms with Crippen LogP contribution >= 0.6 is 0 Å². The van der Waals surface area contributed by atoms with Gasteiger partial charge < -0.3 is 16.2 Å². The first kappa shape index (κ1) is 12.9. The molecule has 4 N–H and O–H groups in total. The van der Waals surface area contributed by atoms with Crippen LogP contribution in [-0.4, -0.2) is 23.2 Å². The standard InChI is InChI=1S/C14H20N2O2/c1-9-6-7-10(8-11(9)15)14(18)16-12-4-2-3-5-13(12)17/h6-8,12-13,17H,2-5,15H2,1H3,(H,16,18)/t12-,13-/m1/s1. The molecule has 2 rings (SSSR count). The molecule has 2 atom stereocenters. The van der Waals surface area contributed by atoms with Crippen molar-refractivity contribution in [3.63, 3.8) is 0 Å². The van der Waals surface area contributed by atoms with E-state index in [0.29, 0.717) is 11.3 Å². The summed E-state index contributed by atoms with van der Waals surface area (Å²) in [5.74, 6) is -0.160. The van der Waals surface area contributed by atoms with E-state index in [4.69, 9.17) is 5.73 Å². The highest BCUT2D eigenvalue weighted by Crippen LogP contribution is 2.19. The van der Waals surface area contributed by atoms with Gasteiger partial charge in [-0.1, -0.05) is 18.9 Å². The molecule has 0 spiro atoms. The third-order valence-electron chi connectivity index (χ3n) is 3.59. The van der Waals surface area contributed by atoms with Crippen molar-refractivity contribution in [2.24, 2.45) is 0 Å². The van der Waals surface area contributed by atoms with Crippen LogP contribution in [0.4, 0.5) is 5.69 Å². The average molecular weight is 248 g/mol. The molecule has 18 heavy (non-hydrogen) atoms. The average Bonchev–Trinajstić information content (AvgIpc) is 2.35. The first-order chi connectivity index (χ1) is 8.58. The Morgan fingerprint density at radius 3 is 2.78 bits per heavy atom. The Balaban J connectivity index is 2.04. The summed E-state index contributed by atoms with van der Waals surface area (Å²) in [6.45, 7) is 1.90. The van der Waals surface area contributed by atoms with E-state index < -0.39 is 6.10 Å². The Morgan fingerprint density at radius 1 is 1.39 bits per heavy atom. The Hall–Kier alpha value is -1.55. The van der Waals surface area contributed by atoms with Crippen LogP contribution in [0, 0.1) is 6.92 Å². The molecule has 1 aromatic carbocycles. The van der Waals surface area contributed by atoms with Gasteiger partial charge in [-0.3, -0.25) is 4.79 Å². The number of hydrogen-bond acceptors (Lipinski definition) is 3. The maximum Gasteiger partial charge on any atom is 0.251 e. The minimum absolute atomic E-state index is 0.131. The van der Waals surface area contributed by atoms with Crippen molar-refractivity contribution in [2.45, 2.75) is 44.8 Å². The summed E-state index contributed by atoms with van der Waals surface area (Å²) in [6.07, 6.45) is 3.27. The molecule has 1 aromatic rings. The highest BCUT2D eigenvalue weighted by molar-refractivity contribution is 5.95. The van der Waals surface area contributed by atoms with E-state index in [1.807, 2.05) is 13.0 Å². The van der Waals surface area contributed by atoms with Crippen molar-refractivity contribution in [2.75, 3.05) is 5.73 Å². The molecule has 0 radical (unpaired) electrons. The number of amides is 1. The largest absolute Gasteiger partial charge is 0.398 e. The molecule has 98 valence electrons. The summed E-state index contributed by atoms with van der Waals surface area (Å²) in [4.78, 5) is 12.0. The van der Waals surface area contributed by atoms with Crippen LogP contribution in [0.25, 0.3) is 0 Å². The highest BCUT2D eigenvalue weighted by atomic mass is 16.3. The molecule has 1 aliphatic carbocycles. The topological polar surface area (TPSA) is 75.3 Å². The predicted molar refractivity (Wildman–Crippen MR) is 71.3 cm³/mol. The first-order valence-corrected chi connectivity index (χ1v) is 6.43. The summed E-state index contributed by atoms with van der Waals surface area (Å²) in [6, 6.07) is 5.14. The van der Waals surface area contributed by atoms with Gasteiger partial charge >= 0.3 is 0 Å². The lowest BCUT2D eigenvalue weighted by atomic mass is 9.92. The van der Waals surface area contributed by atoms with Crippen LogP contribution in [0.1, 0.15) is 41.6 Å². The van der Waals surface area contributed by atoms with Crippen molar-refractivity contribution in [3.8, 4) is 0 Å². The molecule has 0 saturated heterocycles. The summed E-state index contributed by atoms with van der Waals surface area (Å²) in [7, 11) is 0. The minimum Gasteiger partial charge on any atom is -0.398 e. The van der Waals surface area contributed by atoms with Gasteiger partial charge in [-0.2, -0.15) is 0 Å². The normalized spacial score (nSPS) is 23.7. The van der Waals surface area contributed by atoms with Crippen LogP contribution < -0.4 is 11.1 Å². The molecule has 4 nitrogen and oxygen atoms in total. The van der Waals surface area contributed by atoms with E-state index in [0.717, 1.165) is 31.2 Å². The fraction of sp³-hybridized carbons (Fsp3) is 0.500. The number of aryl methyl sites for hydroxylation is 1. The number of hydrogen-bond donors (Lipinski definition) is 3. The van der Waals surface area contributed by atoms with Crippen molar-refractivity contribution in [1.82, 2.24) is 5.32 Å². The summed E-state index contributed by atoms with van der Waals surface area (Å²) in [5, 5.41) is 12.7. The third kappa shape index (κ3) is 2.82. The molecular formula is C14H20N2O2. The molecule has 1 saturated carbocycles. The monoisotopic (exact) mass is 248 g/mol. The van der Waals surface area contributed by atoms with Gasteiger partial charge in [-0.05, 0) is 37.5 Å². The number of nitrogens with one attached hydrogen (secondary N) is 1.